The lowest BCUT2D eigenvalue weighted by atomic mass is 9.71. The van der Waals surface area contributed by atoms with Crippen molar-refractivity contribution in [2.75, 3.05) is 0 Å². The fraction of sp³-hybridized carbons (Fsp3) is 0.800. The lowest BCUT2D eigenvalue weighted by Crippen LogP contribution is -2.22. The molecule has 1 unspecified atom stereocenters. The third-order valence-electron chi connectivity index (χ3n) is 6.43. The van der Waals surface area contributed by atoms with Crippen LogP contribution in [0.2, 0.25) is 0 Å². The highest BCUT2D eigenvalue weighted by atomic mass is 14.3. The third-order valence-corrected chi connectivity index (χ3v) is 6.43. The minimum absolute atomic E-state index is 0.828. The maximum Gasteiger partial charge on any atom is -0.0203 e. The molecule has 0 spiro atoms. The van der Waals surface area contributed by atoms with E-state index in [9.17, 15) is 0 Å². The molecule has 1 atom stereocenters. The first-order valence-electron chi connectivity index (χ1n) is 13.4. The van der Waals surface area contributed by atoms with Crippen LogP contribution in [0.4, 0.5) is 0 Å². The fourth-order valence-corrected chi connectivity index (χ4v) is 4.35. The Morgan fingerprint density at radius 1 is 0.867 bits per heavy atom. The molecule has 0 heteroatoms. The molecular formula is C30H60. The van der Waals surface area contributed by atoms with Crippen LogP contribution in [0.5, 0.6) is 0 Å². The Morgan fingerprint density at radius 3 is 1.77 bits per heavy atom. The highest BCUT2D eigenvalue weighted by molar-refractivity contribution is 5.26. The number of hydrogen-bond donors (Lipinski definition) is 0. The standard InChI is InChI=1S/C24H42.3C2H6/c1-8-19(5)20(6)17-21(7)23-13-15-24(16-14-23)22(9-2)12-10-11-18(3)4;3*1-2/h17,22-24H,3,8-16H2,1-2,4-7H3;3*1-2H3/b20-19+,21-17+;;;. The van der Waals surface area contributed by atoms with Gasteiger partial charge in [0.1, 0.15) is 0 Å². The van der Waals surface area contributed by atoms with E-state index >= 15 is 0 Å². The second kappa shape index (κ2) is 22.9. The Balaban J connectivity index is -0.00000111. The van der Waals surface area contributed by atoms with Crippen LogP contribution in [-0.2, 0) is 0 Å². The van der Waals surface area contributed by atoms with Gasteiger partial charge < -0.3 is 0 Å². The van der Waals surface area contributed by atoms with Crippen molar-refractivity contribution >= 4 is 0 Å². The molecular weight excluding hydrogens is 360 g/mol. The first kappa shape index (κ1) is 33.8. The molecule has 1 aliphatic carbocycles. The van der Waals surface area contributed by atoms with Gasteiger partial charge in [0, 0.05) is 0 Å². The molecule has 180 valence electrons. The summed E-state index contributed by atoms with van der Waals surface area (Å²) in [6.07, 6.45) is 14.7. The lowest BCUT2D eigenvalue weighted by molar-refractivity contribution is 0.202. The smallest absolute Gasteiger partial charge is 0.0203 e. The Kier molecular flexibility index (Phi) is 25.8. The van der Waals surface area contributed by atoms with E-state index in [1.54, 1.807) is 5.57 Å². The van der Waals surface area contributed by atoms with Crippen molar-refractivity contribution in [1.82, 2.24) is 0 Å². The summed E-state index contributed by atoms with van der Waals surface area (Å²) < 4.78 is 0. The zero-order valence-electron chi connectivity index (χ0n) is 23.4. The highest BCUT2D eigenvalue weighted by Crippen LogP contribution is 2.39. The number of hydrogen-bond acceptors (Lipinski definition) is 0. The molecule has 30 heavy (non-hydrogen) atoms. The van der Waals surface area contributed by atoms with Crippen LogP contribution in [0.3, 0.4) is 0 Å². The van der Waals surface area contributed by atoms with Crippen LogP contribution in [0.25, 0.3) is 0 Å². The predicted molar refractivity (Wildman–Crippen MR) is 144 cm³/mol. The van der Waals surface area contributed by atoms with Gasteiger partial charge in [-0.1, -0.05) is 90.2 Å². The van der Waals surface area contributed by atoms with Crippen LogP contribution >= 0.6 is 0 Å². The topological polar surface area (TPSA) is 0 Å². The second-order valence-electron chi connectivity index (χ2n) is 8.33. The van der Waals surface area contributed by atoms with Gasteiger partial charge in [-0.15, -0.1) is 6.58 Å². The number of rotatable bonds is 9. The van der Waals surface area contributed by atoms with Crippen LogP contribution in [-0.4, -0.2) is 0 Å². The maximum absolute atomic E-state index is 4.05. The van der Waals surface area contributed by atoms with E-state index in [1.807, 2.05) is 41.5 Å². The summed E-state index contributed by atoms with van der Waals surface area (Å²) in [6.45, 7) is 29.8. The molecule has 0 amide bonds. The normalized spacial score (nSPS) is 20.2. The van der Waals surface area contributed by atoms with Gasteiger partial charge in [-0.25, -0.2) is 0 Å². The van der Waals surface area contributed by atoms with Gasteiger partial charge >= 0.3 is 0 Å². The maximum atomic E-state index is 4.05. The molecule has 0 aromatic carbocycles. The van der Waals surface area contributed by atoms with Crippen LogP contribution in [0.1, 0.15) is 141 Å². The molecule has 0 saturated heterocycles. The highest BCUT2D eigenvalue weighted by Gasteiger charge is 2.27. The van der Waals surface area contributed by atoms with Gasteiger partial charge in [0.2, 0.25) is 0 Å². The van der Waals surface area contributed by atoms with Crippen molar-refractivity contribution in [3.05, 3.63) is 34.9 Å². The SMILES string of the molecule is C=C(C)CCCC(CC)C1CCC(/C(C)=C/C(C)=C(\C)CC)CC1.CC.CC.CC. The van der Waals surface area contributed by atoms with Crippen molar-refractivity contribution in [1.29, 1.82) is 0 Å². The van der Waals surface area contributed by atoms with Gasteiger partial charge in [-0.2, -0.15) is 0 Å². The largest absolute Gasteiger partial charge is 0.100 e. The molecule has 0 bridgehead atoms. The molecule has 0 radical (unpaired) electrons. The zero-order chi connectivity index (χ0) is 24.1. The average molecular weight is 421 g/mol. The van der Waals surface area contributed by atoms with Crippen LogP contribution < -0.4 is 0 Å². The van der Waals surface area contributed by atoms with Gasteiger partial charge in [-0.05, 0) is 96.8 Å². The molecule has 0 heterocycles. The summed E-state index contributed by atoms with van der Waals surface area (Å²) >= 11 is 0. The monoisotopic (exact) mass is 420 g/mol. The Hall–Kier alpha value is -0.780. The van der Waals surface area contributed by atoms with Crippen molar-refractivity contribution in [3.63, 3.8) is 0 Å². The summed E-state index contributed by atoms with van der Waals surface area (Å²) in [5.74, 6) is 2.74. The molecule has 1 saturated carbocycles. The lowest BCUT2D eigenvalue weighted by Gasteiger charge is -2.34. The van der Waals surface area contributed by atoms with E-state index in [0.717, 1.165) is 17.8 Å². The summed E-state index contributed by atoms with van der Waals surface area (Å²) in [5, 5.41) is 0. The Labute approximate surface area is 193 Å². The molecule has 0 nitrogen and oxygen atoms in total. The summed E-state index contributed by atoms with van der Waals surface area (Å²) in [5.41, 5.74) is 5.99. The second-order valence-corrected chi connectivity index (χ2v) is 8.33. The molecule has 0 aliphatic heterocycles. The molecule has 1 aliphatic rings. The van der Waals surface area contributed by atoms with Gasteiger partial charge in [0.15, 0.2) is 0 Å². The summed E-state index contributed by atoms with van der Waals surface area (Å²) in [7, 11) is 0. The predicted octanol–water partition coefficient (Wildman–Crippen LogP) is 11.3. The van der Waals surface area contributed by atoms with E-state index in [1.165, 1.54) is 74.5 Å². The van der Waals surface area contributed by atoms with Crippen LogP contribution in [0.15, 0.2) is 34.9 Å². The van der Waals surface area contributed by atoms with Crippen molar-refractivity contribution in [2.24, 2.45) is 17.8 Å². The molecule has 1 fully saturated rings. The van der Waals surface area contributed by atoms with E-state index in [2.05, 4.69) is 54.2 Å². The van der Waals surface area contributed by atoms with Gasteiger partial charge in [0.05, 0.1) is 0 Å². The minimum Gasteiger partial charge on any atom is -0.100 e. The van der Waals surface area contributed by atoms with Crippen LogP contribution in [0, 0.1) is 17.8 Å². The van der Waals surface area contributed by atoms with Crippen molar-refractivity contribution in [3.8, 4) is 0 Å². The fourth-order valence-electron chi connectivity index (χ4n) is 4.35. The summed E-state index contributed by atoms with van der Waals surface area (Å²) in [6, 6.07) is 0. The first-order valence-corrected chi connectivity index (χ1v) is 13.4. The minimum atomic E-state index is 0.828. The van der Waals surface area contributed by atoms with E-state index in [0.29, 0.717) is 0 Å². The average Bonchev–Trinajstić information content (AvgIpc) is 2.80. The van der Waals surface area contributed by atoms with Crippen molar-refractivity contribution < 1.29 is 0 Å². The first-order chi connectivity index (χ1) is 14.4. The van der Waals surface area contributed by atoms with Crippen molar-refractivity contribution in [2.45, 2.75) is 141 Å². The Morgan fingerprint density at radius 2 is 1.37 bits per heavy atom. The molecule has 0 aromatic rings. The van der Waals surface area contributed by atoms with E-state index in [4.69, 9.17) is 0 Å². The van der Waals surface area contributed by atoms with Gasteiger partial charge in [-0.3, -0.25) is 0 Å². The number of allylic oxidation sites excluding steroid dienone is 5. The molecule has 0 aromatic heterocycles. The van der Waals surface area contributed by atoms with E-state index in [-0.39, 0.29) is 0 Å². The zero-order valence-corrected chi connectivity index (χ0v) is 23.4. The quantitative estimate of drug-likeness (QED) is 0.257. The molecule has 0 N–H and O–H groups in total. The summed E-state index contributed by atoms with van der Waals surface area (Å²) in [4.78, 5) is 0. The Bertz CT molecular complexity index is 441. The van der Waals surface area contributed by atoms with E-state index < -0.39 is 0 Å². The molecule has 1 rings (SSSR count). The third kappa shape index (κ3) is 15.1. The van der Waals surface area contributed by atoms with Gasteiger partial charge in [0.25, 0.3) is 0 Å².